The van der Waals surface area contributed by atoms with Crippen molar-refractivity contribution in [1.29, 1.82) is 0 Å². The molecule has 1 aliphatic heterocycles. The van der Waals surface area contributed by atoms with Gasteiger partial charge in [0.05, 0.1) is 5.69 Å². The Morgan fingerprint density at radius 1 is 1.50 bits per heavy atom. The Labute approximate surface area is 98.2 Å². The molecule has 1 N–H and O–H groups in total. The topological polar surface area (TPSA) is 29.9 Å². The molecule has 0 bridgehead atoms. The van der Waals surface area contributed by atoms with Crippen molar-refractivity contribution in [1.82, 2.24) is 15.1 Å². The minimum absolute atomic E-state index is 0.481. The first-order valence-corrected chi connectivity index (χ1v) is 6.21. The highest BCUT2D eigenvalue weighted by atomic mass is 15.3. The van der Waals surface area contributed by atoms with Crippen LogP contribution in [0, 0.1) is 18.3 Å². The van der Waals surface area contributed by atoms with Crippen molar-refractivity contribution in [2.45, 2.75) is 33.6 Å². The fraction of sp³-hybridized carbons (Fsp3) is 0.769. The molecule has 2 rings (SSSR count). The third kappa shape index (κ3) is 2.29. The molecule has 90 valence electrons. The van der Waals surface area contributed by atoms with Gasteiger partial charge in [0.1, 0.15) is 0 Å². The zero-order chi connectivity index (χ0) is 11.8. The van der Waals surface area contributed by atoms with Gasteiger partial charge in [0.15, 0.2) is 0 Å². The molecule has 0 radical (unpaired) electrons. The van der Waals surface area contributed by atoms with E-state index in [1.54, 1.807) is 0 Å². The van der Waals surface area contributed by atoms with E-state index in [4.69, 9.17) is 0 Å². The Bertz CT molecular complexity index is 361. The van der Waals surface area contributed by atoms with Crippen molar-refractivity contribution in [2.75, 3.05) is 13.1 Å². The summed E-state index contributed by atoms with van der Waals surface area (Å²) in [4.78, 5) is 0. The molecule has 3 heteroatoms. The predicted octanol–water partition coefficient (Wildman–Crippen LogP) is 1.91. The smallest absolute Gasteiger partial charge is 0.0596 e. The lowest BCUT2D eigenvalue weighted by molar-refractivity contribution is 0.128. The lowest BCUT2D eigenvalue weighted by Gasteiger charge is -2.44. The van der Waals surface area contributed by atoms with Gasteiger partial charge in [-0.2, -0.15) is 5.10 Å². The number of aromatic nitrogens is 2. The summed E-state index contributed by atoms with van der Waals surface area (Å²) in [6.45, 7) is 9.02. The molecule has 1 saturated heterocycles. The van der Waals surface area contributed by atoms with Crippen LogP contribution in [0.15, 0.2) is 6.07 Å². The van der Waals surface area contributed by atoms with Crippen molar-refractivity contribution in [3.05, 3.63) is 17.5 Å². The van der Waals surface area contributed by atoms with Gasteiger partial charge in [0, 0.05) is 31.2 Å². The van der Waals surface area contributed by atoms with Gasteiger partial charge in [0.2, 0.25) is 0 Å². The molecule has 0 unspecified atom stereocenters. The van der Waals surface area contributed by atoms with Gasteiger partial charge in [-0.25, -0.2) is 0 Å². The van der Waals surface area contributed by atoms with E-state index in [-0.39, 0.29) is 0 Å². The maximum atomic E-state index is 4.43. The Kier molecular flexibility index (Phi) is 3.06. The van der Waals surface area contributed by atoms with Crippen LogP contribution in [-0.2, 0) is 13.5 Å². The number of aryl methyl sites for hydroxylation is 2. The summed E-state index contributed by atoms with van der Waals surface area (Å²) in [5, 5.41) is 7.85. The standard InChI is InChI=1S/C13H23N3/c1-10(2)6-13(8-14-9-13)7-12-5-11(3)15-16(12)4/h5,10,14H,6-9H2,1-4H3. The van der Waals surface area contributed by atoms with Crippen molar-refractivity contribution in [3.8, 4) is 0 Å². The molecule has 0 aliphatic carbocycles. The molecular formula is C13H23N3. The molecule has 1 aromatic rings. The zero-order valence-electron chi connectivity index (χ0n) is 10.9. The second kappa shape index (κ2) is 4.21. The highest BCUT2D eigenvalue weighted by Gasteiger charge is 2.38. The quantitative estimate of drug-likeness (QED) is 0.841. The summed E-state index contributed by atoms with van der Waals surface area (Å²) in [6.07, 6.45) is 2.47. The first kappa shape index (κ1) is 11.6. The van der Waals surface area contributed by atoms with E-state index in [1.165, 1.54) is 12.1 Å². The number of rotatable bonds is 4. The molecule has 16 heavy (non-hydrogen) atoms. The summed E-state index contributed by atoms with van der Waals surface area (Å²) in [5.41, 5.74) is 2.98. The highest BCUT2D eigenvalue weighted by Crippen LogP contribution is 2.34. The Balaban J connectivity index is 2.09. The molecule has 1 aromatic heterocycles. The van der Waals surface area contributed by atoms with Crippen LogP contribution in [0.3, 0.4) is 0 Å². The molecule has 2 heterocycles. The molecule has 1 aliphatic rings. The molecule has 0 spiro atoms. The number of nitrogens with zero attached hydrogens (tertiary/aromatic N) is 2. The van der Waals surface area contributed by atoms with Gasteiger partial charge in [-0.1, -0.05) is 13.8 Å². The largest absolute Gasteiger partial charge is 0.316 e. The van der Waals surface area contributed by atoms with E-state index in [0.717, 1.165) is 31.1 Å². The summed E-state index contributed by atoms with van der Waals surface area (Å²) in [6, 6.07) is 2.22. The minimum Gasteiger partial charge on any atom is -0.316 e. The highest BCUT2D eigenvalue weighted by molar-refractivity contribution is 5.13. The second-order valence-electron chi connectivity index (χ2n) is 5.78. The van der Waals surface area contributed by atoms with E-state index in [2.05, 4.69) is 44.3 Å². The number of hydrogen-bond donors (Lipinski definition) is 1. The van der Waals surface area contributed by atoms with Crippen LogP contribution < -0.4 is 5.32 Å². The number of hydrogen-bond acceptors (Lipinski definition) is 2. The lowest BCUT2D eigenvalue weighted by atomic mass is 9.72. The van der Waals surface area contributed by atoms with Gasteiger partial charge in [-0.15, -0.1) is 0 Å². The van der Waals surface area contributed by atoms with Gasteiger partial charge >= 0.3 is 0 Å². The molecule has 1 fully saturated rings. The van der Waals surface area contributed by atoms with Crippen molar-refractivity contribution >= 4 is 0 Å². The molecule has 0 aromatic carbocycles. The SMILES string of the molecule is Cc1cc(CC2(CC(C)C)CNC2)n(C)n1. The Morgan fingerprint density at radius 2 is 2.19 bits per heavy atom. The summed E-state index contributed by atoms with van der Waals surface area (Å²) < 4.78 is 2.04. The maximum Gasteiger partial charge on any atom is 0.0596 e. The van der Waals surface area contributed by atoms with Crippen molar-refractivity contribution in [2.24, 2.45) is 18.4 Å². The first-order chi connectivity index (χ1) is 7.51. The van der Waals surface area contributed by atoms with Gasteiger partial charge in [-0.05, 0) is 31.7 Å². The normalized spacial score (nSPS) is 18.8. The van der Waals surface area contributed by atoms with Gasteiger partial charge in [0.25, 0.3) is 0 Å². The van der Waals surface area contributed by atoms with Crippen LogP contribution in [0.25, 0.3) is 0 Å². The van der Waals surface area contributed by atoms with Crippen LogP contribution in [0.5, 0.6) is 0 Å². The molecular weight excluding hydrogens is 198 g/mol. The van der Waals surface area contributed by atoms with E-state index >= 15 is 0 Å². The van der Waals surface area contributed by atoms with E-state index < -0.39 is 0 Å². The summed E-state index contributed by atoms with van der Waals surface area (Å²) >= 11 is 0. The van der Waals surface area contributed by atoms with Gasteiger partial charge < -0.3 is 5.32 Å². The lowest BCUT2D eigenvalue weighted by Crippen LogP contribution is -2.55. The monoisotopic (exact) mass is 221 g/mol. The van der Waals surface area contributed by atoms with Crippen LogP contribution in [0.4, 0.5) is 0 Å². The average Bonchev–Trinajstić information content (AvgIpc) is 2.40. The van der Waals surface area contributed by atoms with Crippen LogP contribution in [0.2, 0.25) is 0 Å². The first-order valence-electron chi connectivity index (χ1n) is 6.21. The second-order valence-corrected chi connectivity index (χ2v) is 5.78. The van der Waals surface area contributed by atoms with E-state index in [9.17, 15) is 0 Å². The van der Waals surface area contributed by atoms with Crippen LogP contribution >= 0.6 is 0 Å². The fourth-order valence-corrected chi connectivity index (χ4v) is 2.90. The Morgan fingerprint density at radius 3 is 2.56 bits per heavy atom. The Hall–Kier alpha value is -0.830. The molecule has 0 atom stereocenters. The van der Waals surface area contributed by atoms with E-state index in [1.807, 2.05) is 4.68 Å². The summed E-state index contributed by atoms with van der Waals surface area (Å²) in [5.74, 6) is 0.774. The fourth-order valence-electron chi connectivity index (χ4n) is 2.90. The summed E-state index contributed by atoms with van der Waals surface area (Å²) in [7, 11) is 2.05. The minimum atomic E-state index is 0.481. The van der Waals surface area contributed by atoms with Crippen molar-refractivity contribution in [3.63, 3.8) is 0 Å². The van der Waals surface area contributed by atoms with Crippen LogP contribution in [0.1, 0.15) is 31.7 Å². The third-order valence-corrected chi connectivity index (χ3v) is 3.50. The zero-order valence-corrected chi connectivity index (χ0v) is 10.9. The van der Waals surface area contributed by atoms with Crippen molar-refractivity contribution < 1.29 is 0 Å². The third-order valence-electron chi connectivity index (χ3n) is 3.50. The van der Waals surface area contributed by atoms with Gasteiger partial charge in [-0.3, -0.25) is 4.68 Å². The molecule has 3 nitrogen and oxygen atoms in total. The van der Waals surface area contributed by atoms with E-state index in [0.29, 0.717) is 5.41 Å². The average molecular weight is 221 g/mol. The molecule has 0 amide bonds. The maximum absolute atomic E-state index is 4.43. The number of nitrogens with one attached hydrogen (secondary N) is 1. The van der Waals surface area contributed by atoms with Crippen LogP contribution in [-0.4, -0.2) is 22.9 Å². The predicted molar refractivity (Wildman–Crippen MR) is 66.4 cm³/mol. The molecule has 0 saturated carbocycles.